The SMILES string of the molecule is CCCCNC(=O)N[C@@H]1CCN(CC2CC2)C1. The zero-order chi connectivity index (χ0) is 12.1. The molecule has 2 fully saturated rings. The number of nitrogens with one attached hydrogen (secondary N) is 2. The number of likely N-dealkylation sites (tertiary alicyclic amines) is 1. The summed E-state index contributed by atoms with van der Waals surface area (Å²) in [7, 11) is 0. The average Bonchev–Trinajstić information content (AvgIpc) is 3.00. The molecule has 0 aromatic carbocycles. The zero-order valence-electron chi connectivity index (χ0n) is 10.9. The second-order valence-electron chi connectivity index (χ2n) is 5.44. The molecule has 2 amide bonds. The Morgan fingerprint density at radius 3 is 2.88 bits per heavy atom. The van der Waals surface area contributed by atoms with Crippen molar-refractivity contribution in [2.24, 2.45) is 5.92 Å². The molecule has 1 heterocycles. The summed E-state index contributed by atoms with van der Waals surface area (Å²) in [5.74, 6) is 0.951. The van der Waals surface area contributed by atoms with Gasteiger partial charge in [0.05, 0.1) is 0 Å². The lowest BCUT2D eigenvalue weighted by molar-refractivity contribution is 0.236. The Labute approximate surface area is 104 Å². The Bertz CT molecular complexity index is 253. The van der Waals surface area contributed by atoms with Crippen molar-refractivity contribution in [1.82, 2.24) is 15.5 Å². The predicted octanol–water partition coefficient (Wildman–Crippen LogP) is 1.57. The first-order chi connectivity index (χ1) is 8.28. The number of hydrogen-bond donors (Lipinski definition) is 2. The molecule has 1 saturated heterocycles. The van der Waals surface area contributed by atoms with Crippen molar-refractivity contribution in [3.05, 3.63) is 0 Å². The van der Waals surface area contributed by atoms with Gasteiger partial charge >= 0.3 is 6.03 Å². The van der Waals surface area contributed by atoms with Crippen molar-refractivity contribution < 1.29 is 4.79 Å². The highest BCUT2D eigenvalue weighted by Gasteiger charge is 2.29. The molecule has 0 unspecified atom stereocenters. The lowest BCUT2D eigenvalue weighted by Crippen LogP contribution is -2.43. The van der Waals surface area contributed by atoms with Crippen molar-refractivity contribution in [2.75, 3.05) is 26.2 Å². The highest BCUT2D eigenvalue weighted by atomic mass is 16.2. The van der Waals surface area contributed by atoms with Crippen LogP contribution in [0.2, 0.25) is 0 Å². The molecule has 0 radical (unpaired) electrons. The quantitative estimate of drug-likeness (QED) is 0.691. The van der Waals surface area contributed by atoms with Crippen LogP contribution in [0.1, 0.15) is 39.0 Å². The number of rotatable bonds is 6. The van der Waals surface area contributed by atoms with Crippen molar-refractivity contribution in [3.63, 3.8) is 0 Å². The van der Waals surface area contributed by atoms with Crippen molar-refractivity contribution in [1.29, 1.82) is 0 Å². The first kappa shape index (κ1) is 12.7. The standard InChI is InChI=1S/C13H25N3O/c1-2-3-7-14-13(17)15-12-6-8-16(10-12)9-11-4-5-11/h11-12H,2-10H2,1H3,(H2,14,15,17)/t12-/m1/s1. The van der Waals surface area contributed by atoms with Crippen LogP contribution < -0.4 is 10.6 Å². The van der Waals surface area contributed by atoms with E-state index in [0.717, 1.165) is 44.8 Å². The molecule has 1 atom stereocenters. The van der Waals surface area contributed by atoms with E-state index in [4.69, 9.17) is 0 Å². The van der Waals surface area contributed by atoms with Crippen LogP contribution >= 0.6 is 0 Å². The van der Waals surface area contributed by atoms with E-state index >= 15 is 0 Å². The smallest absolute Gasteiger partial charge is 0.315 e. The Hall–Kier alpha value is -0.770. The van der Waals surface area contributed by atoms with Crippen molar-refractivity contribution in [3.8, 4) is 0 Å². The van der Waals surface area contributed by atoms with Crippen LogP contribution in [0.4, 0.5) is 4.79 Å². The van der Waals surface area contributed by atoms with Crippen LogP contribution in [-0.4, -0.2) is 43.2 Å². The van der Waals surface area contributed by atoms with Gasteiger partial charge in [-0.15, -0.1) is 0 Å². The Morgan fingerprint density at radius 2 is 2.18 bits per heavy atom. The second kappa shape index (κ2) is 6.24. The lowest BCUT2D eigenvalue weighted by atomic mass is 10.3. The van der Waals surface area contributed by atoms with Gasteiger partial charge in [0.2, 0.25) is 0 Å². The Balaban J connectivity index is 1.57. The summed E-state index contributed by atoms with van der Waals surface area (Å²) in [5, 5.41) is 5.98. The van der Waals surface area contributed by atoms with Gasteiger partial charge in [0.15, 0.2) is 0 Å². The summed E-state index contributed by atoms with van der Waals surface area (Å²) in [6.45, 7) is 6.36. The third-order valence-corrected chi connectivity index (χ3v) is 3.64. The molecule has 0 aromatic heterocycles. The van der Waals surface area contributed by atoms with Gasteiger partial charge in [0, 0.05) is 32.2 Å². The van der Waals surface area contributed by atoms with Gasteiger partial charge in [0.1, 0.15) is 0 Å². The van der Waals surface area contributed by atoms with Gasteiger partial charge in [-0.2, -0.15) is 0 Å². The van der Waals surface area contributed by atoms with E-state index in [-0.39, 0.29) is 6.03 Å². The second-order valence-corrected chi connectivity index (χ2v) is 5.44. The van der Waals surface area contributed by atoms with E-state index in [2.05, 4.69) is 22.5 Å². The van der Waals surface area contributed by atoms with Crippen LogP contribution in [-0.2, 0) is 0 Å². The van der Waals surface area contributed by atoms with Crippen molar-refractivity contribution >= 4 is 6.03 Å². The van der Waals surface area contributed by atoms with Gasteiger partial charge in [-0.25, -0.2) is 4.79 Å². The average molecular weight is 239 g/mol. The van der Waals surface area contributed by atoms with Crippen LogP contribution in [0.5, 0.6) is 0 Å². The summed E-state index contributed by atoms with van der Waals surface area (Å²) in [4.78, 5) is 14.1. The molecule has 4 nitrogen and oxygen atoms in total. The summed E-state index contributed by atoms with van der Waals surface area (Å²) in [6, 6.07) is 0.368. The molecular weight excluding hydrogens is 214 g/mol. The molecule has 1 aliphatic heterocycles. The van der Waals surface area contributed by atoms with E-state index in [1.807, 2.05) is 0 Å². The molecular formula is C13H25N3O. The first-order valence-electron chi connectivity index (χ1n) is 7.04. The fourth-order valence-corrected chi connectivity index (χ4v) is 2.40. The van der Waals surface area contributed by atoms with Crippen LogP contribution in [0.15, 0.2) is 0 Å². The number of carbonyl (C=O) groups is 1. The minimum atomic E-state index is 0.0109. The van der Waals surface area contributed by atoms with E-state index in [1.54, 1.807) is 0 Å². The van der Waals surface area contributed by atoms with Gasteiger partial charge in [0.25, 0.3) is 0 Å². The highest BCUT2D eigenvalue weighted by molar-refractivity contribution is 5.74. The molecule has 1 aliphatic carbocycles. The monoisotopic (exact) mass is 239 g/mol. The molecule has 2 N–H and O–H groups in total. The number of amides is 2. The molecule has 2 rings (SSSR count). The van der Waals surface area contributed by atoms with Gasteiger partial charge in [-0.1, -0.05) is 13.3 Å². The maximum atomic E-state index is 11.6. The number of nitrogens with zero attached hydrogens (tertiary/aromatic N) is 1. The number of carbonyl (C=O) groups excluding carboxylic acids is 1. The fraction of sp³-hybridized carbons (Fsp3) is 0.923. The third-order valence-electron chi connectivity index (χ3n) is 3.64. The summed E-state index contributed by atoms with van der Waals surface area (Å²) in [6.07, 6.45) is 6.11. The highest BCUT2D eigenvalue weighted by Crippen LogP contribution is 2.30. The van der Waals surface area contributed by atoms with Crippen molar-refractivity contribution in [2.45, 2.75) is 45.1 Å². The summed E-state index contributed by atoms with van der Waals surface area (Å²) < 4.78 is 0. The number of urea groups is 1. The minimum absolute atomic E-state index is 0.0109. The van der Waals surface area contributed by atoms with Gasteiger partial charge < -0.3 is 15.5 Å². The summed E-state index contributed by atoms with van der Waals surface area (Å²) in [5.41, 5.74) is 0. The lowest BCUT2D eigenvalue weighted by Gasteiger charge is -2.16. The normalized spacial score (nSPS) is 24.9. The van der Waals surface area contributed by atoms with E-state index < -0.39 is 0 Å². The Morgan fingerprint density at radius 1 is 1.35 bits per heavy atom. The predicted molar refractivity (Wildman–Crippen MR) is 69.0 cm³/mol. The van der Waals surface area contributed by atoms with Crippen LogP contribution in [0, 0.1) is 5.92 Å². The van der Waals surface area contributed by atoms with E-state index in [1.165, 1.54) is 19.4 Å². The molecule has 0 spiro atoms. The molecule has 1 saturated carbocycles. The minimum Gasteiger partial charge on any atom is -0.338 e. The number of hydrogen-bond acceptors (Lipinski definition) is 2. The van der Waals surface area contributed by atoms with Gasteiger partial charge in [-0.05, 0) is 31.6 Å². The topological polar surface area (TPSA) is 44.4 Å². The third kappa shape index (κ3) is 4.54. The van der Waals surface area contributed by atoms with Gasteiger partial charge in [-0.3, -0.25) is 0 Å². The molecule has 2 aliphatic rings. The summed E-state index contributed by atoms with van der Waals surface area (Å²) >= 11 is 0. The van der Waals surface area contributed by atoms with Crippen LogP contribution in [0.25, 0.3) is 0 Å². The molecule has 0 bridgehead atoms. The Kier molecular flexibility index (Phi) is 4.66. The van der Waals surface area contributed by atoms with E-state index in [9.17, 15) is 4.79 Å². The maximum Gasteiger partial charge on any atom is 0.315 e. The first-order valence-corrected chi connectivity index (χ1v) is 7.04. The molecule has 17 heavy (non-hydrogen) atoms. The maximum absolute atomic E-state index is 11.6. The molecule has 98 valence electrons. The zero-order valence-corrected chi connectivity index (χ0v) is 10.9. The number of unbranched alkanes of at least 4 members (excludes halogenated alkanes) is 1. The fourth-order valence-electron chi connectivity index (χ4n) is 2.40. The molecule has 4 heteroatoms. The largest absolute Gasteiger partial charge is 0.338 e. The molecule has 0 aromatic rings. The van der Waals surface area contributed by atoms with Crippen LogP contribution in [0.3, 0.4) is 0 Å². The van der Waals surface area contributed by atoms with E-state index in [0.29, 0.717) is 6.04 Å².